The third-order valence-corrected chi connectivity index (χ3v) is 2.61. The minimum Gasteiger partial charge on any atom is -0.458 e. The van der Waals surface area contributed by atoms with Gasteiger partial charge in [0, 0.05) is 0 Å². The van der Waals surface area contributed by atoms with Crippen LogP contribution in [-0.4, -0.2) is 29.3 Å². The van der Waals surface area contributed by atoms with Crippen LogP contribution in [0, 0.1) is 0 Å². The minimum absolute atomic E-state index is 0.541. The van der Waals surface area contributed by atoms with E-state index >= 15 is 0 Å². The van der Waals surface area contributed by atoms with Crippen LogP contribution in [0.2, 0.25) is 0 Å². The molecule has 0 fully saturated rings. The van der Waals surface area contributed by atoms with Crippen LogP contribution < -0.4 is 5.32 Å². The van der Waals surface area contributed by atoms with Crippen molar-refractivity contribution in [2.24, 2.45) is 0 Å². The number of hydrogen-bond donors (Lipinski definition) is 1. The van der Waals surface area contributed by atoms with Crippen LogP contribution in [-0.2, 0) is 14.3 Å². The molecule has 0 saturated carbocycles. The lowest BCUT2D eigenvalue weighted by atomic mass is 10.1. The Morgan fingerprint density at radius 2 is 1.50 bits per heavy atom. The Balaban J connectivity index is 2.88. The zero-order valence-electron chi connectivity index (χ0n) is 15.3. The third-order valence-electron chi connectivity index (χ3n) is 2.61. The van der Waals surface area contributed by atoms with Gasteiger partial charge in [0.05, 0.1) is 0 Å². The van der Waals surface area contributed by atoms with Gasteiger partial charge in [-0.15, -0.1) is 0 Å². The zero-order chi connectivity index (χ0) is 18.4. The van der Waals surface area contributed by atoms with Crippen molar-refractivity contribution in [3.8, 4) is 0 Å². The summed E-state index contributed by atoms with van der Waals surface area (Å²) in [5.41, 5.74) is -0.380. The molecule has 1 atom stereocenters. The molecule has 1 rings (SSSR count). The number of hydrogen-bond acceptors (Lipinski definition) is 4. The lowest BCUT2D eigenvalue weighted by Gasteiger charge is -2.25. The summed E-state index contributed by atoms with van der Waals surface area (Å²) in [5.74, 6) is -0.541. The van der Waals surface area contributed by atoms with Crippen LogP contribution in [0.4, 0.5) is 4.79 Å². The second kappa shape index (κ2) is 7.99. The van der Waals surface area contributed by atoms with Gasteiger partial charge >= 0.3 is 12.1 Å². The van der Waals surface area contributed by atoms with Crippen molar-refractivity contribution in [2.45, 2.75) is 58.8 Å². The van der Waals surface area contributed by atoms with E-state index in [-0.39, 0.29) is 0 Å². The first-order chi connectivity index (χ1) is 11.0. The van der Waals surface area contributed by atoms with E-state index in [1.807, 2.05) is 30.3 Å². The number of carbonyl (C=O) groups is 2. The highest BCUT2D eigenvalue weighted by atomic mass is 16.6. The maximum Gasteiger partial charge on any atom is 0.408 e. The van der Waals surface area contributed by atoms with Gasteiger partial charge in [0.15, 0.2) is 0 Å². The van der Waals surface area contributed by atoms with E-state index in [0.29, 0.717) is 0 Å². The number of rotatable bonds is 4. The average Bonchev–Trinajstić information content (AvgIpc) is 2.40. The highest BCUT2D eigenvalue weighted by molar-refractivity contribution is 5.84. The maximum absolute atomic E-state index is 12.3. The molecule has 0 bridgehead atoms. The molecule has 5 nitrogen and oxygen atoms in total. The molecular weight excluding hydrogens is 306 g/mol. The fourth-order valence-electron chi connectivity index (χ4n) is 1.76. The summed E-state index contributed by atoms with van der Waals surface area (Å²) in [5, 5.41) is 2.54. The van der Waals surface area contributed by atoms with Crippen LogP contribution in [0.25, 0.3) is 6.08 Å². The highest BCUT2D eigenvalue weighted by Crippen LogP contribution is 2.12. The van der Waals surface area contributed by atoms with Gasteiger partial charge in [0.1, 0.15) is 17.2 Å². The molecule has 1 amide bonds. The van der Waals surface area contributed by atoms with E-state index in [1.54, 1.807) is 53.7 Å². The molecule has 1 aromatic rings. The predicted molar refractivity (Wildman–Crippen MR) is 94.5 cm³/mol. The lowest BCUT2D eigenvalue weighted by Crippen LogP contribution is -2.44. The molecule has 24 heavy (non-hydrogen) atoms. The van der Waals surface area contributed by atoms with Gasteiger partial charge < -0.3 is 14.8 Å². The van der Waals surface area contributed by atoms with Gasteiger partial charge in [0.25, 0.3) is 0 Å². The molecule has 1 N–H and O–H groups in total. The molecule has 0 spiro atoms. The Hall–Kier alpha value is -2.30. The van der Waals surface area contributed by atoms with E-state index in [2.05, 4.69) is 5.32 Å². The summed E-state index contributed by atoms with van der Waals surface area (Å²) in [6.45, 7) is 10.6. The fraction of sp³-hybridized carbons (Fsp3) is 0.474. The molecule has 1 aromatic carbocycles. The quantitative estimate of drug-likeness (QED) is 0.848. The SMILES string of the molecule is CC(C)(C)OC(=O)N[C@H](/C=C/c1ccccc1)C(=O)OC(C)(C)C. The molecule has 5 heteroatoms. The van der Waals surface area contributed by atoms with Crippen molar-refractivity contribution < 1.29 is 19.1 Å². The maximum atomic E-state index is 12.3. The topological polar surface area (TPSA) is 64.6 Å². The van der Waals surface area contributed by atoms with Crippen molar-refractivity contribution in [3.05, 3.63) is 42.0 Å². The second-order valence-corrected chi connectivity index (χ2v) is 7.43. The fourth-order valence-corrected chi connectivity index (χ4v) is 1.76. The van der Waals surface area contributed by atoms with Gasteiger partial charge in [-0.3, -0.25) is 0 Å². The van der Waals surface area contributed by atoms with Crippen LogP contribution in [0.3, 0.4) is 0 Å². The highest BCUT2D eigenvalue weighted by Gasteiger charge is 2.26. The summed E-state index contributed by atoms with van der Waals surface area (Å²) in [6, 6.07) is 8.56. The predicted octanol–water partition coefficient (Wildman–Crippen LogP) is 3.93. The van der Waals surface area contributed by atoms with Crippen molar-refractivity contribution in [1.29, 1.82) is 0 Å². The Morgan fingerprint density at radius 1 is 0.958 bits per heavy atom. The Labute approximate surface area is 144 Å². The van der Waals surface area contributed by atoms with E-state index < -0.39 is 29.3 Å². The summed E-state index contributed by atoms with van der Waals surface area (Å²) in [4.78, 5) is 24.3. The number of esters is 1. The van der Waals surface area contributed by atoms with E-state index in [0.717, 1.165) is 5.56 Å². The van der Waals surface area contributed by atoms with Gasteiger partial charge in [-0.2, -0.15) is 0 Å². The lowest BCUT2D eigenvalue weighted by molar-refractivity contribution is -0.156. The molecule has 132 valence electrons. The van der Waals surface area contributed by atoms with Crippen LogP contribution in [0.15, 0.2) is 36.4 Å². The first kappa shape index (κ1) is 19.7. The number of benzene rings is 1. The number of carbonyl (C=O) groups excluding carboxylic acids is 2. The summed E-state index contributed by atoms with van der Waals surface area (Å²) >= 11 is 0. The van der Waals surface area contributed by atoms with Gasteiger partial charge in [-0.05, 0) is 47.1 Å². The van der Waals surface area contributed by atoms with E-state index in [9.17, 15) is 9.59 Å². The summed E-state index contributed by atoms with van der Waals surface area (Å²) in [6.07, 6.45) is 2.68. The number of amides is 1. The average molecular weight is 333 g/mol. The molecular formula is C19H27NO4. The molecule has 0 aromatic heterocycles. The monoisotopic (exact) mass is 333 g/mol. The van der Waals surface area contributed by atoms with Crippen molar-refractivity contribution in [2.75, 3.05) is 0 Å². The van der Waals surface area contributed by atoms with Gasteiger partial charge in [-0.1, -0.05) is 42.5 Å². The van der Waals surface area contributed by atoms with Crippen molar-refractivity contribution in [3.63, 3.8) is 0 Å². The van der Waals surface area contributed by atoms with Crippen LogP contribution in [0.1, 0.15) is 47.1 Å². The number of nitrogens with one attached hydrogen (secondary N) is 1. The zero-order valence-corrected chi connectivity index (χ0v) is 15.3. The van der Waals surface area contributed by atoms with Crippen molar-refractivity contribution in [1.82, 2.24) is 5.32 Å². The van der Waals surface area contributed by atoms with E-state index in [1.165, 1.54) is 0 Å². The molecule has 0 aliphatic heterocycles. The Morgan fingerprint density at radius 3 is 2.00 bits per heavy atom. The normalized spacial score (nSPS) is 13.4. The standard InChI is InChI=1S/C19H27NO4/c1-18(2,3)23-16(21)15(20-17(22)24-19(4,5)6)13-12-14-10-8-7-9-11-14/h7-13,15H,1-6H3,(H,20,22)/b13-12+/t15-/m1/s1. The molecule has 0 aliphatic rings. The smallest absolute Gasteiger partial charge is 0.408 e. The first-order valence-electron chi connectivity index (χ1n) is 7.92. The second-order valence-electron chi connectivity index (χ2n) is 7.43. The first-order valence-corrected chi connectivity index (χ1v) is 7.92. The molecule has 0 unspecified atom stereocenters. The Kier molecular flexibility index (Phi) is 6.58. The third kappa shape index (κ3) is 8.36. The molecule has 0 saturated heterocycles. The van der Waals surface area contributed by atoms with Crippen LogP contribution >= 0.6 is 0 Å². The molecule has 0 radical (unpaired) electrons. The summed E-state index contributed by atoms with van der Waals surface area (Å²) < 4.78 is 10.6. The van der Waals surface area contributed by atoms with Crippen LogP contribution in [0.5, 0.6) is 0 Å². The molecule has 0 heterocycles. The number of ether oxygens (including phenoxy) is 2. The number of alkyl carbamates (subject to hydrolysis) is 1. The Bertz CT molecular complexity index is 580. The minimum atomic E-state index is -0.931. The van der Waals surface area contributed by atoms with Gasteiger partial charge in [-0.25, -0.2) is 9.59 Å². The summed E-state index contributed by atoms with van der Waals surface area (Å²) in [7, 11) is 0. The molecule has 0 aliphatic carbocycles. The largest absolute Gasteiger partial charge is 0.458 e. The van der Waals surface area contributed by atoms with Gasteiger partial charge in [0.2, 0.25) is 0 Å². The van der Waals surface area contributed by atoms with Crippen molar-refractivity contribution >= 4 is 18.1 Å². The van der Waals surface area contributed by atoms with E-state index in [4.69, 9.17) is 9.47 Å².